The van der Waals surface area contributed by atoms with Gasteiger partial charge in [-0.15, -0.1) is 0 Å². The number of anilines is 2. The first kappa shape index (κ1) is 13.1. The first-order chi connectivity index (χ1) is 8.59. The van der Waals surface area contributed by atoms with Crippen LogP contribution in [0.5, 0.6) is 0 Å². The molecule has 1 aromatic heterocycles. The summed E-state index contributed by atoms with van der Waals surface area (Å²) in [6.07, 6.45) is 0.866. The number of nitrogens with zero attached hydrogens (tertiary/aromatic N) is 3. The molecule has 1 aliphatic heterocycles. The van der Waals surface area contributed by atoms with Crippen LogP contribution < -0.4 is 10.6 Å². The van der Waals surface area contributed by atoms with Crippen molar-refractivity contribution in [1.29, 1.82) is 0 Å². The van der Waals surface area contributed by atoms with E-state index < -0.39 is 0 Å². The van der Waals surface area contributed by atoms with Crippen LogP contribution in [-0.2, 0) is 4.74 Å². The Morgan fingerprint density at radius 1 is 1.44 bits per heavy atom. The van der Waals surface area contributed by atoms with Gasteiger partial charge < -0.3 is 20.3 Å². The smallest absolute Gasteiger partial charge is 0.267 e. The van der Waals surface area contributed by atoms with E-state index in [4.69, 9.17) is 10.5 Å². The molecule has 1 saturated heterocycles. The van der Waals surface area contributed by atoms with Gasteiger partial charge in [0.2, 0.25) is 0 Å². The highest BCUT2D eigenvalue weighted by molar-refractivity contribution is 7.18. The minimum absolute atomic E-state index is 0.0383. The summed E-state index contributed by atoms with van der Waals surface area (Å²) in [6.45, 7) is 2.64. The molecule has 2 heterocycles. The number of carbonyl (C=O) groups is 1. The van der Waals surface area contributed by atoms with E-state index in [-0.39, 0.29) is 5.91 Å². The normalized spacial score (nSPS) is 16.4. The number of thiazole rings is 1. The van der Waals surface area contributed by atoms with E-state index in [1.807, 2.05) is 19.0 Å². The number of rotatable bonds is 2. The molecule has 0 saturated carbocycles. The van der Waals surface area contributed by atoms with E-state index in [9.17, 15) is 4.79 Å². The number of carbonyl (C=O) groups excluding carboxylic acids is 1. The Balaban J connectivity index is 2.16. The Kier molecular flexibility index (Phi) is 4.03. The van der Waals surface area contributed by atoms with Crippen LogP contribution in [0, 0.1) is 0 Å². The summed E-state index contributed by atoms with van der Waals surface area (Å²) in [4.78, 5) is 20.7. The van der Waals surface area contributed by atoms with Gasteiger partial charge in [0.25, 0.3) is 5.91 Å². The molecule has 0 unspecified atom stereocenters. The Labute approximate surface area is 110 Å². The summed E-state index contributed by atoms with van der Waals surface area (Å²) in [5.74, 6) is 0.280. The quantitative estimate of drug-likeness (QED) is 0.854. The van der Waals surface area contributed by atoms with Crippen molar-refractivity contribution >= 4 is 28.2 Å². The van der Waals surface area contributed by atoms with Gasteiger partial charge in [-0.05, 0) is 6.42 Å². The number of aromatic nitrogens is 1. The van der Waals surface area contributed by atoms with Gasteiger partial charge in [0.1, 0.15) is 10.7 Å². The second-order valence-electron chi connectivity index (χ2n) is 4.36. The molecule has 2 rings (SSSR count). The lowest BCUT2D eigenvalue weighted by atomic mass is 10.3. The standard InChI is InChI=1S/C11H18N4O2S/c1-14(2)11-13-9(12)8(18-11)10(16)15-4-3-6-17-7-5-15/h3-7,12H2,1-2H3. The number of amides is 1. The summed E-state index contributed by atoms with van der Waals surface area (Å²) in [7, 11) is 3.76. The van der Waals surface area contributed by atoms with Gasteiger partial charge in [-0.25, -0.2) is 4.98 Å². The SMILES string of the molecule is CN(C)c1nc(N)c(C(=O)N2CCCOCC2)s1. The highest BCUT2D eigenvalue weighted by Crippen LogP contribution is 2.28. The van der Waals surface area contributed by atoms with E-state index >= 15 is 0 Å². The number of ether oxygens (including phenoxy) is 1. The largest absolute Gasteiger partial charge is 0.382 e. The van der Waals surface area contributed by atoms with E-state index in [0.29, 0.717) is 37.0 Å². The molecule has 1 fully saturated rings. The Hall–Kier alpha value is -1.34. The molecule has 0 aromatic carbocycles. The Morgan fingerprint density at radius 2 is 2.22 bits per heavy atom. The molecule has 0 atom stereocenters. The lowest BCUT2D eigenvalue weighted by Gasteiger charge is -2.18. The fourth-order valence-electron chi connectivity index (χ4n) is 1.76. The average molecular weight is 270 g/mol. The number of hydrogen-bond acceptors (Lipinski definition) is 6. The van der Waals surface area contributed by atoms with Crippen molar-refractivity contribution in [2.75, 3.05) is 51.0 Å². The zero-order chi connectivity index (χ0) is 13.1. The van der Waals surface area contributed by atoms with Gasteiger partial charge in [0.15, 0.2) is 5.13 Å². The molecule has 0 radical (unpaired) electrons. The maximum Gasteiger partial charge on any atom is 0.267 e. The lowest BCUT2D eigenvalue weighted by Crippen LogP contribution is -2.33. The minimum atomic E-state index is -0.0383. The van der Waals surface area contributed by atoms with Crippen molar-refractivity contribution in [1.82, 2.24) is 9.88 Å². The molecule has 1 aliphatic rings. The van der Waals surface area contributed by atoms with Crippen LogP contribution in [0.4, 0.5) is 10.9 Å². The molecule has 7 heteroatoms. The van der Waals surface area contributed by atoms with Crippen LogP contribution in [0.15, 0.2) is 0 Å². The maximum atomic E-state index is 12.4. The summed E-state index contributed by atoms with van der Waals surface area (Å²) < 4.78 is 5.34. The van der Waals surface area contributed by atoms with Crippen LogP contribution >= 0.6 is 11.3 Å². The van der Waals surface area contributed by atoms with Gasteiger partial charge in [-0.1, -0.05) is 11.3 Å². The van der Waals surface area contributed by atoms with Crippen LogP contribution in [0.1, 0.15) is 16.1 Å². The molecule has 0 bridgehead atoms. The third-order valence-electron chi connectivity index (χ3n) is 2.73. The zero-order valence-electron chi connectivity index (χ0n) is 10.7. The summed E-state index contributed by atoms with van der Waals surface area (Å²) in [5.41, 5.74) is 5.82. The number of nitrogens with two attached hydrogens (primary N) is 1. The molecule has 6 nitrogen and oxygen atoms in total. The zero-order valence-corrected chi connectivity index (χ0v) is 11.5. The maximum absolute atomic E-state index is 12.4. The second kappa shape index (κ2) is 5.53. The molecule has 18 heavy (non-hydrogen) atoms. The van der Waals surface area contributed by atoms with Gasteiger partial charge in [-0.3, -0.25) is 4.79 Å². The van der Waals surface area contributed by atoms with Crippen LogP contribution in [-0.4, -0.2) is 56.2 Å². The third-order valence-corrected chi connectivity index (χ3v) is 3.96. The molecular weight excluding hydrogens is 252 g/mol. The third kappa shape index (κ3) is 2.73. The van der Waals surface area contributed by atoms with Crippen molar-refractivity contribution in [3.63, 3.8) is 0 Å². The molecule has 0 aliphatic carbocycles. The molecule has 100 valence electrons. The van der Waals surface area contributed by atoms with E-state index in [0.717, 1.165) is 11.6 Å². The van der Waals surface area contributed by atoms with Gasteiger partial charge in [-0.2, -0.15) is 0 Å². The van der Waals surface area contributed by atoms with Crippen molar-refractivity contribution in [2.24, 2.45) is 0 Å². The number of hydrogen-bond donors (Lipinski definition) is 1. The van der Waals surface area contributed by atoms with Gasteiger partial charge in [0.05, 0.1) is 6.61 Å². The van der Waals surface area contributed by atoms with Crippen molar-refractivity contribution in [3.05, 3.63) is 4.88 Å². The van der Waals surface area contributed by atoms with Gasteiger partial charge >= 0.3 is 0 Å². The first-order valence-electron chi connectivity index (χ1n) is 5.90. The molecule has 1 amide bonds. The fourth-order valence-corrected chi connectivity index (χ4v) is 2.63. The molecular formula is C11H18N4O2S. The summed E-state index contributed by atoms with van der Waals surface area (Å²) in [6, 6.07) is 0. The van der Waals surface area contributed by atoms with E-state index in [2.05, 4.69) is 4.98 Å². The van der Waals surface area contributed by atoms with E-state index in [1.165, 1.54) is 11.3 Å². The summed E-state index contributed by atoms with van der Waals surface area (Å²) in [5, 5.41) is 0.752. The predicted octanol–water partition coefficient (Wildman–Crippen LogP) is 0.654. The van der Waals surface area contributed by atoms with Crippen molar-refractivity contribution < 1.29 is 9.53 Å². The van der Waals surface area contributed by atoms with Crippen LogP contribution in [0.2, 0.25) is 0 Å². The van der Waals surface area contributed by atoms with Crippen molar-refractivity contribution in [3.8, 4) is 0 Å². The predicted molar refractivity (Wildman–Crippen MR) is 72.2 cm³/mol. The monoisotopic (exact) mass is 270 g/mol. The van der Waals surface area contributed by atoms with E-state index in [1.54, 1.807) is 4.90 Å². The molecule has 1 aromatic rings. The lowest BCUT2D eigenvalue weighted by molar-refractivity contribution is 0.0747. The topological polar surface area (TPSA) is 71.7 Å². The Morgan fingerprint density at radius 3 is 2.89 bits per heavy atom. The highest BCUT2D eigenvalue weighted by atomic mass is 32.1. The molecule has 0 spiro atoms. The molecule has 2 N–H and O–H groups in total. The first-order valence-corrected chi connectivity index (χ1v) is 6.72. The Bertz CT molecular complexity index is 425. The number of nitrogen functional groups attached to an aromatic ring is 1. The second-order valence-corrected chi connectivity index (χ2v) is 5.34. The minimum Gasteiger partial charge on any atom is -0.382 e. The van der Waals surface area contributed by atoms with Crippen molar-refractivity contribution in [2.45, 2.75) is 6.42 Å². The van der Waals surface area contributed by atoms with Gasteiger partial charge in [0, 0.05) is 33.8 Å². The van der Waals surface area contributed by atoms with Crippen LogP contribution in [0.3, 0.4) is 0 Å². The van der Waals surface area contributed by atoms with Crippen LogP contribution in [0.25, 0.3) is 0 Å². The fraction of sp³-hybridized carbons (Fsp3) is 0.636. The average Bonchev–Trinajstić information content (AvgIpc) is 2.57. The highest BCUT2D eigenvalue weighted by Gasteiger charge is 2.23. The summed E-state index contributed by atoms with van der Waals surface area (Å²) >= 11 is 1.33.